The van der Waals surface area contributed by atoms with Crippen molar-refractivity contribution in [1.82, 2.24) is 4.90 Å². The van der Waals surface area contributed by atoms with Gasteiger partial charge in [0, 0.05) is 19.7 Å². The van der Waals surface area contributed by atoms with E-state index in [1.165, 1.54) is 0 Å². The lowest BCUT2D eigenvalue weighted by Gasteiger charge is -2.34. The van der Waals surface area contributed by atoms with Crippen LogP contribution >= 0.6 is 0 Å². The zero-order valence-electron chi connectivity index (χ0n) is 9.61. The van der Waals surface area contributed by atoms with Crippen LogP contribution < -0.4 is 0 Å². The van der Waals surface area contributed by atoms with E-state index in [1.54, 1.807) is 4.90 Å². The summed E-state index contributed by atoms with van der Waals surface area (Å²) in [4.78, 5) is 13.4. The van der Waals surface area contributed by atoms with Crippen molar-refractivity contribution in [3.05, 3.63) is 0 Å². The van der Waals surface area contributed by atoms with Gasteiger partial charge in [0.15, 0.2) is 0 Å². The van der Waals surface area contributed by atoms with Gasteiger partial charge in [-0.2, -0.15) is 0 Å². The fraction of sp³-hybridized carbons (Fsp3) is 0.909. The number of hydrogen-bond donors (Lipinski definition) is 1. The van der Waals surface area contributed by atoms with Gasteiger partial charge in [0.1, 0.15) is 0 Å². The van der Waals surface area contributed by atoms with Gasteiger partial charge in [0.25, 0.3) is 0 Å². The second-order valence-corrected chi connectivity index (χ2v) is 4.12. The first-order valence-electron chi connectivity index (χ1n) is 5.68. The van der Waals surface area contributed by atoms with Crippen LogP contribution in [0.15, 0.2) is 0 Å². The van der Waals surface area contributed by atoms with Crippen LogP contribution in [0.1, 0.15) is 26.7 Å². The number of amides is 1. The van der Waals surface area contributed by atoms with Crippen LogP contribution in [0.25, 0.3) is 0 Å². The minimum Gasteiger partial charge on any atom is -0.391 e. The predicted molar refractivity (Wildman–Crippen MR) is 57.5 cm³/mol. The second-order valence-electron chi connectivity index (χ2n) is 4.12. The fourth-order valence-electron chi connectivity index (χ4n) is 1.74. The number of ether oxygens (including phenoxy) is 1. The highest BCUT2D eigenvalue weighted by Crippen LogP contribution is 2.17. The van der Waals surface area contributed by atoms with Crippen molar-refractivity contribution in [3.63, 3.8) is 0 Å². The Morgan fingerprint density at radius 1 is 1.60 bits per heavy atom. The maximum atomic E-state index is 11.7. The van der Waals surface area contributed by atoms with E-state index in [9.17, 15) is 9.90 Å². The first-order valence-corrected chi connectivity index (χ1v) is 5.68. The molecule has 0 aromatic heterocycles. The number of carbonyl (C=O) groups excluding carboxylic acids is 1. The minimum absolute atomic E-state index is 0.0920. The number of β-amino-alcohol motifs (C(OH)–C–C–N with tert-alkyl or cyclic N) is 1. The van der Waals surface area contributed by atoms with Gasteiger partial charge in [-0.1, -0.05) is 6.92 Å². The molecule has 0 bridgehead atoms. The molecule has 0 saturated carbocycles. The molecule has 1 amide bonds. The standard InChI is InChI=1S/C11H21NO3/c1-3-15-7-5-11(14)12-6-4-9(2)10(13)8-12/h9-10,13H,3-8H2,1-2H3. The van der Waals surface area contributed by atoms with E-state index >= 15 is 0 Å². The number of piperidine rings is 1. The Morgan fingerprint density at radius 2 is 2.33 bits per heavy atom. The average molecular weight is 215 g/mol. The largest absolute Gasteiger partial charge is 0.391 e. The van der Waals surface area contributed by atoms with Gasteiger partial charge in [-0.05, 0) is 19.3 Å². The number of aliphatic hydroxyl groups excluding tert-OH is 1. The van der Waals surface area contributed by atoms with Crippen LogP contribution in [0.4, 0.5) is 0 Å². The molecule has 1 aliphatic rings. The molecule has 1 saturated heterocycles. The lowest BCUT2D eigenvalue weighted by Crippen LogP contribution is -2.46. The van der Waals surface area contributed by atoms with E-state index in [0.717, 1.165) is 13.0 Å². The molecule has 2 atom stereocenters. The van der Waals surface area contributed by atoms with Gasteiger partial charge in [0.2, 0.25) is 5.91 Å². The molecule has 2 unspecified atom stereocenters. The van der Waals surface area contributed by atoms with Crippen molar-refractivity contribution in [2.45, 2.75) is 32.8 Å². The molecule has 1 fully saturated rings. The molecule has 4 heteroatoms. The highest BCUT2D eigenvalue weighted by atomic mass is 16.5. The molecule has 0 spiro atoms. The zero-order chi connectivity index (χ0) is 11.3. The molecule has 1 N–H and O–H groups in total. The highest BCUT2D eigenvalue weighted by Gasteiger charge is 2.26. The number of likely N-dealkylation sites (tertiary alicyclic amines) is 1. The first-order chi connectivity index (χ1) is 7.15. The Labute approximate surface area is 91.2 Å². The Morgan fingerprint density at radius 3 is 2.93 bits per heavy atom. The second kappa shape index (κ2) is 6.08. The topological polar surface area (TPSA) is 49.8 Å². The number of nitrogens with zero attached hydrogens (tertiary/aromatic N) is 1. The van der Waals surface area contributed by atoms with Gasteiger partial charge in [0.05, 0.1) is 19.1 Å². The molecule has 1 heterocycles. The van der Waals surface area contributed by atoms with Crippen LogP contribution in [0.3, 0.4) is 0 Å². The van der Waals surface area contributed by atoms with E-state index in [2.05, 4.69) is 0 Å². The van der Waals surface area contributed by atoms with Crippen LogP contribution in [-0.4, -0.2) is 48.3 Å². The van der Waals surface area contributed by atoms with E-state index in [-0.39, 0.29) is 12.0 Å². The summed E-state index contributed by atoms with van der Waals surface area (Å²) in [5, 5.41) is 9.64. The summed E-state index contributed by atoms with van der Waals surface area (Å²) >= 11 is 0. The normalized spacial score (nSPS) is 26.7. The molecule has 1 aliphatic heterocycles. The van der Waals surface area contributed by atoms with Gasteiger partial charge in [-0.3, -0.25) is 4.79 Å². The molecular weight excluding hydrogens is 194 g/mol. The Hall–Kier alpha value is -0.610. The first kappa shape index (κ1) is 12.5. The van der Waals surface area contributed by atoms with Crippen LogP contribution in [0.5, 0.6) is 0 Å². The third-order valence-electron chi connectivity index (χ3n) is 2.94. The quantitative estimate of drug-likeness (QED) is 0.700. The van der Waals surface area contributed by atoms with Crippen molar-refractivity contribution in [2.24, 2.45) is 5.92 Å². The summed E-state index contributed by atoms with van der Waals surface area (Å²) < 4.78 is 5.13. The maximum Gasteiger partial charge on any atom is 0.224 e. The monoisotopic (exact) mass is 215 g/mol. The summed E-state index contributed by atoms with van der Waals surface area (Å²) in [6.07, 6.45) is 0.950. The number of hydrogen-bond acceptors (Lipinski definition) is 3. The van der Waals surface area contributed by atoms with Crippen molar-refractivity contribution < 1.29 is 14.6 Å². The number of aliphatic hydroxyl groups is 1. The molecule has 15 heavy (non-hydrogen) atoms. The molecule has 88 valence electrons. The van der Waals surface area contributed by atoms with Crippen molar-refractivity contribution in [3.8, 4) is 0 Å². The van der Waals surface area contributed by atoms with Crippen LogP contribution in [0, 0.1) is 5.92 Å². The summed E-state index contributed by atoms with van der Waals surface area (Å²) in [6, 6.07) is 0. The average Bonchev–Trinajstić information content (AvgIpc) is 2.22. The molecule has 0 aromatic rings. The molecule has 0 radical (unpaired) electrons. The highest BCUT2D eigenvalue weighted by molar-refractivity contribution is 5.76. The van der Waals surface area contributed by atoms with Crippen LogP contribution in [0.2, 0.25) is 0 Å². The maximum absolute atomic E-state index is 11.7. The van der Waals surface area contributed by atoms with Crippen molar-refractivity contribution in [1.29, 1.82) is 0 Å². The molecular formula is C11H21NO3. The Balaban J connectivity index is 2.28. The lowest BCUT2D eigenvalue weighted by atomic mass is 9.96. The summed E-state index contributed by atoms with van der Waals surface area (Å²) in [5.41, 5.74) is 0. The van der Waals surface area contributed by atoms with Gasteiger partial charge in [-0.25, -0.2) is 0 Å². The van der Waals surface area contributed by atoms with Gasteiger partial charge >= 0.3 is 0 Å². The molecule has 4 nitrogen and oxygen atoms in total. The van der Waals surface area contributed by atoms with Gasteiger partial charge in [-0.15, -0.1) is 0 Å². The molecule has 1 rings (SSSR count). The lowest BCUT2D eigenvalue weighted by molar-refractivity contribution is -0.136. The Bertz CT molecular complexity index is 208. The minimum atomic E-state index is -0.366. The summed E-state index contributed by atoms with van der Waals surface area (Å²) in [6.45, 7) is 6.31. The fourth-order valence-corrected chi connectivity index (χ4v) is 1.74. The SMILES string of the molecule is CCOCCC(=O)N1CCC(C)C(O)C1. The number of rotatable bonds is 4. The molecule has 0 aromatic carbocycles. The van der Waals surface area contributed by atoms with E-state index in [4.69, 9.17) is 4.74 Å². The van der Waals surface area contributed by atoms with Crippen molar-refractivity contribution in [2.75, 3.05) is 26.3 Å². The summed E-state index contributed by atoms with van der Waals surface area (Å²) in [5.74, 6) is 0.398. The zero-order valence-corrected chi connectivity index (χ0v) is 9.61. The van der Waals surface area contributed by atoms with E-state index in [0.29, 0.717) is 32.1 Å². The molecule has 0 aliphatic carbocycles. The van der Waals surface area contributed by atoms with Gasteiger partial charge < -0.3 is 14.7 Å². The van der Waals surface area contributed by atoms with Crippen LogP contribution in [-0.2, 0) is 9.53 Å². The Kier molecular flexibility index (Phi) is 5.05. The van der Waals surface area contributed by atoms with E-state index in [1.807, 2.05) is 13.8 Å². The van der Waals surface area contributed by atoms with E-state index < -0.39 is 0 Å². The number of carbonyl (C=O) groups is 1. The summed E-state index contributed by atoms with van der Waals surface area (Å²) in [7, 11) is 0. The third kappa shape index (κ3) is 3.80. The predicted octanol–water partition coefficient (Wildman–Crippen LogP) is 0.642. The third-order valence-corrected chi connectivity index (χ3v) is 2.94. The smallest absolute Gasteiger partial charge is 0.224 e. The van der Waals surface area contributed by atoms with Crippen molar-refractivity contribution >= 4 is 5.91 Å².